The molecule has 6 heteroatoms. The minimum atomic E-state index is 0.317. The standard InChI is InChI=1S/C14H20BrN3S2/c1-4-7-16-11(8-10-5-6-12(15)19-10)14-13(9(2)3)17-18-20-14/h5-6,9,11,16H,4,7-8H2,1-3H3. The van der Waals surface area contributed by atoms with Gasteiger partial charge in [-0.25, -0.2) is 0 Å². The smallest absolute Gasteiger partial charge is 0.0829 e. The fraction of sp³-hybridized carbons (Fsp3) is 0.571. The summed E-state index contributed by atoms with van der Waals surface area (Å²) >= 11 is 6.87. The summed E-state index contributed by atoms with van der Waals surface area (Å²) in [6.45, 7) is 7.57. The number of halogens is 1. The Hall–Kier alpha value is -0.300. The van der Waals surface area contributed by atoms with Gasteiger partial charge in [0.25, 0.3) is 0 Å². The second-order valence-electron chi connectivity index (χ2n) is 5.09. The lowest BCUT2D eigenvalue weighted by Gasteiger charge is -2.18. The Balaban J connectivity index is 2.20. The molecule has 20 heavy (non-hydrogen) atoms. The first-order valence-electron chi connectivity index (χ1n) is 6.91. The van der Waals surface area contributed by atoms with E-state index in [1.165, 1.54) is 25.1 Å². The van der Waals surface area contributed by atoms with E-state index in [0.717, 1.165) is 25.1 Å². The lowest BCUT2D eigenvalue weighted by molar-refractivity contribution is 0.532. The molecule has 3 nitrogen and oxygen atoms in total. The van der Waals surface area contributed by atoms with Crippen LogP contribution in [0.4, 0.5) is 0 Å². The summed E-state index contributed by atoms with van der Waals surface area (Å²) in [4.78, 5) is 2.67. The van der Waals surface area contributed by atoms with Crippen LogP contribution in [0, 0.1) is 0 Å². The molecule has 0 radical (unpaired) electrons. The van der Waals surface area contributed by atoms with Crippen LogP contribution < -0.4 is 5.32 Å². The number of hydrogen-bond donors (Lipinski definition) is 1. The molecular weight excluding hydrogens is 354 g/mol. The zero-order valence-corrected chi connectivity index (χ0v) is 15.2. The molecule has 0 saturated carbocycles. The molecule has 0 aromatic carbocycles. The van der Waals surface area contributed by atoms with Gasteiger partial charge >= 0.3 is 0 Å². The van der Waals surface area contributed by atoms with Gasteiger partial charge in [0.2, 0.25) is 0 Å². The Kier molecular flexibility index (Phi) is 6.14. The molecule has 0 amide bonds. The van der Waals surface area contributed by atoms with E-state index >= 15 is 0 Å². The molecule has 0 aliphatic heterocycles. The van der Waals surface area contributed by atoms with Gasteiger partial charge in [-0.05, 0) is 58.5 Å². The SMILES string of the molecule is CCCNC(Cc1ccc(Br)s1)c1snnc1C(C)C. The van der Waals surface area contributed by atoms with Crippen LogP contribution in [0.1, 0.15) is 54.6 Å². The van der Waals surface area contributed by atoms with Crippen LogP contribution in [0.2, 0.25) is 0 Å². The Bertz CT molecular complexity index is 536. The van der Waals surface area contributed by atoms with E-state index in [1.54, 1.807) is 11.3 Å². The highest BCUT2D eigenvalue weighted by molar-refractivity contribution is 9.11. The summed E-state index contributed by atoms with van der Waals surface area (Å²) in [5.41, 5.74) is 1.14. The van der Waals surface area contributed by atoms with Crippen LogP contribution in [0.15, 0.2) is 15.9 Å². The van der Waals surface area contributed by atoms with E-state index in [-0.39, 0.29) is 0 Å². The largest absolute Gasteiger partial charge is 0.309 e. The van der Waals surface area contributed by atoms with Crippen LogP contribution in [0.25, 0.3) is 0 Å². The van der Waals surface area contributed by atoms with Crippen LogP contribution in [-0.4, -0.2) is 16.1 Å². The fourth-order valence-electron chi connectivity index (χ4n) is 2.09. The fourth-order valence-corrected chi connectivity index (χ4v) is 4.49. The van der Waals surface area contributed by atoms with Crippen LogP contribution in [0.3, 0.4) is 0 Å². The maximum atomic E-state index is 4.31. The lowest BCUT2D eigenvalue weighted by Crippen LogP contribution is -2.24. The molecule has 0 fully saturated rings. The van der Waals surface area contributed by atoms with Gasteiger partial charge in [0.15, 0.2) is 0 Å². The first kappa shape index (κ1) is 16.1. The van der Waals surface area contributed by atoms with Crippen molar-refractivity contribution in [3.63, 3.8) is 0 Å². The molecule has 2 heterocycles. The second-order valence-corrected chi connectivity index (χ2v) is 8.43. The van der Waals surface area contributed by atoms with E-state index < -0.39 is 0 Å². The van der Waals surface area contributed by atoms with E-state index in [0.29, 0.717) is 12.0 Å². The van der Waals surface area contributed by atoms with Crippen molar-refractivity contribution in [1.29, 1.82) is 0 Å². The van der Waals surface area contributed by atoms with Gasteiger partial charge in [0.05, 0.1) is 14.4 Å². The first-order valence-corrected chi connectivity index (χ1v) is 9.29. The molecule has 0 saturated heterocycles. The van der Waals surface area contributed by atoms with E-state index in [9.17, 15) is 0 Å². The van der Waals surface area contributed by atoms with Gasteiger partial charge < -0.3 is 5.32 Å². The minimum absolute atomic E-state index is 0.317. The molecule has 1 unspecified atom stereocenters. The van der Waals surface area contributed by atoms with E-state index in [4.69, 9.17) is 0 Å². The molecule has 1 atom stereocenters. The number of nitrogens with one attached hydrogen (secondary N) is 1. The topological polar surface area (TPSA) is 37.8 Å². The number of aromatic nitrogens is 2. The Morgan fingerprint density at radius 3 is 2.75 bits per heavy atom. The molecule has 0 aliphatic carbocycles. The summed E-state index contributed by atoms with van der Waals surface area (Å²) in [5, 5.41) is 7.96. The summed E-state index contributed by atoms with van der Waals surface area (Å²) in [6, 6.07) is 4.63. The van der Waals surface area contributed by atoms with Gasteiger partial charge in [-0.2, -0.15) is 0 Å². The number of nitrogens with zero attached hydrogens (tertiary/aromatic N) is 2. The van der Waals surface area contributed by atoms with Crippen molar-refractivity contribution in [3.05, 3.63) is 31.4 Å². The molecule has 0 bridgehead atoms. The van der Waals surface area contributed by atoms with Crippen molar-refractivity contribution in [3.8, 4) is 0 Å². The third-order valence-corrected chi connectivity index (χ3v) is 5.58. The van der Waals surface area contributed by atoms with E-state index in [1.807, 2.05) is 0 Å². The zero-order chi connectivity index (χ0) is 14.5. The number of thiophene rings is 1. The van der Waals surface area contributed by atoms with Gasteiger partial charge in [-0.15, -0.1) is 16.4 Å². The Morgan fingerprint density at radius 1 is 1.35 bits per heavy atom. The first-order chi connectivity index (χ1) is 9.61. The van der Waals surface area contributed by atoms with Crippen molar-refractivity contribution < 1.29 is 0 Å². The minimum Gasteiger partial charge on any atom is -0.309 e. The molecule has 1 N–H and O–H groups in total. The summed E-state index contributed by atoms with van der Waals surface area (Å²) in [6.07, 6.45) is 2.13. The number of rotatable bonds is 7. The van der Waals surface area contributed by atoms with Gasteiger partial charge in [-0.3, -0.25) is 0 Å². The maximum Gasteiger partial charge on any atom is 0.0829 e. The zero-order valence-electron chi connectivity index (χ0n) is 12.0. The molecule has 0 spiro atoms. The summed E-state index contributed by atoms with van der Waals surface area (Å²) in [5.74, 6) is 0.421. The van der Waals surface area contributed by atoms with Crippen molar-refractivity contribution in [2.75, 3.05) is 6.54 Å². The van der Waals surface area contributed by atoms with Crippen molar-refractivity contribution in [2.24, 2.45) is 0 Å². The van der Waals surface area contributed by atoms with Crippen LogP contribution in [0.5, 0.6) is 0 Å². The van der Waals surface area contributed by atoms with Gasteiger partial charge in [-0.1, -0.05) is 25.3 Å². The highest BCUT2D eigenvalue weighted by atomic mass is 79.9. The van der Waals surface area contributed by atoms with Crippen LogP contribution >= 0.6 is 38.8 Å². The Labute approximate surface area is 137 Å². The third-order valence-electron chi connectivity index (χ3n) is 3.08. The molecule has 0 aliphatic rings. The molecule has 110 valence electrons. The molecule has 2 aromatic heterocycles. The highest BCUT2D eigenvalue weighted by Crippen LogP contribution is 2.31. The van der Waals surface area contributed by atoms with Gasteiger partial charge in [0, 0.05) is 17.3 Å². The third kappa shape index (κ3) is 4.10. The lowest BCUT2D eigenvalue weighted by atomic mass is 10.0. The predicted molar refractivity (Wildman–Crippen MR) is 90.8 cm³/mol. The quantitative estimate of drug-likeness (QED) is 0.759. The molecular formula is C14H20BrN3S2. The monoisotopic (exact) mass is 373 g/mol. The average molecular weight is 374 g/mol. The summed E-state index contributed by atoms with van der Waals surface area (Å²) in [7, 11) is 0. The van der Waals surface area contributed by atoms with Crippen molar-refractivity contribution >= 4 is 38.8 Å². The van der Waals surface area contributed by atoms with Crippen LogP contribution in [-0.2, 0) is 6.42 Å². The number of hydrogen-bond acceptors (Lipinski definition) is 5. The Morgan fingerprint density at radius 2 is 2.15 bits per heavy atom. The maximum absolute atomic E-state index is 4.31. The average Bonchev–Trinajstić information content (AvgIpc) is 3.03. The summed E-state index contributed by atoms with van der Waals surface area (Å²) < 4.78 is 5.35. The van der Waals surface area contributed by atoms with E-state index in [2.05, 4.69) is 63.7 Å². The van der Waals surface area contributed by atoms with Crippen molar-refractivity contribution in [2.45, 2.75) is 45.6 Å². The second kappa shape index (κ2) is 7.64. The van der Waals surface area contributed by atoms with Gasteiger partial charge in [0.1, 0.15) is 0 Å². The van der Waals surface area contributed by atoms with Crippen molar-refractivity contribution in [1.82, 2.24) is 14.9 Å². The molecule has 2 rings (SSSR count). The normalized spacial score (nSPS) is 13.1. The molecule has 2 aromatic rings. The highest BCUT2D eigenvalue weighted by Gasteiger charge is 2.21. The predicted octanol–water partition coefficient (Wildman–Crippen LogP) is 4.77.